The van der Waals surface area contributed by atoms with Crippen molar-refractivity contribution >= 4 is 11.7 Å². The van der Waals surface area contributed by atoms with Crippen molar-refractivity contribution in [3.05, 3.63) is 17.8 Å². The first kappa shape index (κ1) is 11.6. The molecule has 0 unspecified atom stereocenters. The minimum atomic E-state index is 0.0733. The Balaban J connectivity index is 2.27. The zero-order valence-electron chi connectivity index (χ0n) is 9.87. The molecule has 0 atom stereocenters. The molecule has 0 aliphatic heterocycles. The molecule has 1 fully saturated rings. The maximum Gasteiger partial charge on any atom is 0.173 e. The zero-order chi connectivity index (χ0) is 12.3. The van der Waals surface area contributed by atoms with Crippen LogP contribution in [0, 0.1) is 5.92 Å². The lowest BCUT2D eigenvalue weighted by Crippen LogP contribution is -2.29. The molecule has 2 rings (SSSR count). The SMILES string of the molecule is CCN(CC1CC1)c1nnccc1/C(N)=N/O. The normalized spacial score (nSPS) is 15.9. The topological polar surface area (TPSA) is 87.6 Å². The van der Waals surface area contributed by atoms with Crippen LogP contribution >= 0.6 is 0 Å². The number of amidine groups is 1. The molecular formula is C11H17N5O. The van der Waals surface area contributed by atoms with Gasteiger partial charge >= 0.3 is 0 Å². The first-order chi connectivity index (χ1) is 8.26. The van der Waals surface area contributed by atoms with Crippen molar-refractivity contribution in [2.45, 2.75) is 19.8 Å². The second-order valence-electron chi connectivity index (χ2n) is 4.24. The van der Waals surface area contributed by atoms with Gasteiger partial charge in [-0.05, 0) is 31.7 Å². The van der Waals surface area contributed by atoms with Crippen LogP contribution in [0.2, 0.25) is 0 Å². The summed E-state index contributed by atoms with van der Waals surface area (Å²) in [5.41, 5.74) is 6.27. The van der Waals surface area contributed by atoms with E-state index in [2.05, 4.69) is 27.2 Å². The number of rotatable bonds is 5. The summed E-state index contributed by atoms with van der Waals surface area (Å²) in [6, 6.07) is 1.72. The molecule has 0 bridgehead atoms. The summed E-state index contributed by atoms with van der Waals surface area (Å²) in [5, 5.41) is 19.8. The van der Waals surface area contributed by atoms with Crippen LogP contribution in [-0.4, -0.2) is 34.3 Å². The molecule has 17 heavy (non-hydrogen) atoms. The van der Waals surface area contributed by atoms with Gasteiger partial charge in [0.1, 0.15) is 0 Å². The highest BCUT2D eigenvalue weighted by Gasteiger charge is 2.26. The van der Waals surface area contributed by atoms with Gasteiger partial charge in [-0.3, -0.25) is 0 Å². The molecule has 0 spiro atoms. The highest BCUT2D eigenvalue weighted by molar-refractivity contribution is 6.01. The predicted molar refractivity (Wildman–Crippen MR) is 65.2 cm³/mol. The third-order valence-electron chi connectivity index (χ3n) is 2.94. The Morgan fingerprint density at radius 1 is 1.65 bits per heavy atom. The molecule has 6 heteroatoms. The Morgan fingerprint density at radius 3 is 3.00 bits per heavy atom. The predicted octanol–water partition coefficient (Wildman–Crippen LogP) is 0.807. The van der Waals surface area contributed by atoms with Gasteiger partial charge in [0.15, 0.2) is 11.7 Å². The Morgan fingerprint density at radius 2 is 2.41 bits per heavy atom. The van der Waals surface area contributed by atoms with E-state index in [1.165, 1.54) is 12.8 Å². The maximum atomic E-state index is 8.76. The smallest absolute Gasteiger partial charge is 0.173 e. The summed E-state index contributed by atoms with van der Waals surface area (Å²) < 4.78 is 0. The van der Waals surface area contributed by atoms with Gasteiger partial charge in [-0.15, -0.1) is 5.10 Å². The molecule has 0 amide bonds. The number of oxime groups is 1. The van der Waals surface area contributed by atoms with Gasteiger partial charge in [0, 0.05) is 13.1 Å². The molecule has 0 aromatic carbocycles. The van der Waals surface area contributed by atoms with Gasteiger partial charge in [0.25, 0.3) is 0 Å². The van der Waals surface area contributed by atoms with Crippen molar-refractivity contribution in [3.63, 3.8) is 0 Å². The second kappa shape index (κ2) is 4.99. The van der Waals surface area contributed by atoms with Crippen molar-refractivity contribution in [1.29, 1.82) is 0 Å². The van der Waals surface area contributed by atoms with E-state index >= 15 is 0 Å². The Kier molecular flexibility index (Phi) is 3.41. The highest BCUT2D eigenvalue weighted by Crippen LogP contribution is 2.31. The molecule has 1 aromatic heterocycles. The van der Waals surface area contributed by atoms with Gasteiger partial charge in [-0.2, -0.15) is 5.10 Å². The first-order valence-corrected chi connectivity index (χ1v) is 5.80. The van der Waals surface area contributed by atoms with E-state index in [1.807, 2.05) is 0 Å². The van der Waals surface area contributed by atoms with E-state index < -0.39 is 0 Å². The molecule has 6 nitrogen and oxygen atoms in total. The van der Waals surface area contributed by atoms with Crippen molar-refractivity contribution in [3.8, 4) is 0 Å². The molecule has 1 aliphatic carbocycles. The van der Waals surface area contributed by atoms with Crippen LogP contribution in [0.15, 0.2) is 17.4 Å². The van der Waals surface area contributed by atoms with Gasteiger partial charge in [-0.25, -0.2) is 0 Å². The molecular weight excluding hydrogens is 218 g/mol. The van der Waals surface area contributed by atoms with E-state index in [0.717, 1.165) is 19.0 Å². The molecule has 92 valence electrons. The van der Waals surface area contributed by atoms with Crippen LogP contribution in [0.3, 0.4) is 0 Å². The van der Waals surface area contributed by atoms with Crippen LogP contribution in [-0.2, 0) is 0 Å². The summed E-state index contributed by atoms with van der Waals surface area (Å²) in [6.07, 6.45) is 4.09. The van der Waals surface area contributed by atoms with Crippen LogP contribution in [0.4, 0.5) is 5.82 Å². The number of hydrogen-bond acceptors (Lipinski definition) is 5. The monoisotopic (exact) mass is 235 g/mol. The van der Waals surface area contributed by atoms with E-state index in [0.29, 0.717) is 11.4 Å². The van der Waals surface area contributed by atoms with Gasteiger partial charge in [0.2, 0.25) is 0 Å². The lowest BCUT2D eigenvalue weighted by molar-refractivity contribution is 0.318. The van der Waals surface area contributed by atoms with Crippen molar-refractivity contribution in [1.82, 2.24) is 10.2 Å². The van der Waals surface area contributed by atoms with Gasteiger partial charge in [0.05, 0.1) is 11.8 Å². The fraction of sp³-hybridized carbons (Fsp3) is 0.545. The quantitative estimate of drug-likeness (QED) is 0.341. The standard InChI is InChI=1S/C11H17N5O/c1-2-16(7-8-3-4-8)11-9(10(12)15-17)5-6-13-14-11/h5-6,8,17H,2-4,7H2,1H3,(H2,12,15). The Hall–Kier alpha value is -1.85. The zero-order valence-corrected chi connectivity index (χ0v) is 9.87. The summed E-state index contributed by atoms with van der Waals surface area (Å²) in [5.74, 6) is 1.51. The summed E-state index contributed by atoms with van der Waals surface area (Å²) in [7, 11) is 0. The molecule has 0 saturated heterocycles. The van der Waals surface area contributed by atoms with Crippen LogP contribution in [0.1, 0.15) is 25.3 Å². The summed E-state index contributed by atoms with van der Waals surface area (Å²) >= 11 is 0. The third kappa shape index (κ3) is 2.64. The fourth-order valence-electron chi connectivity index (χ4n) is 1.79. The first-order valence-electron chi connectivity index (χ1n) is 5.80. The van der Waals surface area contributed by atoms with Crippen LogP contribution in [0.5, 0.6) is 0 Å². The van der Waals surface area contributed by atoms with E-state index in [1.54, 1.807) is 12.3 Å². The summed E-state index contributed by atoms with van der Waals surface area (Å²) in [6.45, 7) is 3.86. The number of anilines is 1. The minimum Gasteiger partial charge on any atom is -0.409 e. The Bertz CT molecular complexity index is 416. The molecule has 0 radical (unpaired) electrons. The highest BCUT2D eigenvalue weighted by atomic mass is 16.4. The van der Waals surface area contributed by atoms with Gasteiger partial charge in [-0.1, -0.05) is 5.16 Å². The average molecular weight is 235 g/mol. The number of nitrogens with two attached hydrogens (primary N) is 1. The largest absolute Gasteiger partial charge is 0.409 e. The lowest BCUT2D eigenvalue weighted by Gasteiger charge is -2.23. The number of aromatic nitrogens is 2. The molecule has 1 aliphatic rings. The molecule has 1 saturated carbocycles. The maximum absolute atomic E-state index is 8.76. The second-order valence-corrected chi connectivity index (χ2v) is 4.24. The third-order valence-corrected chi connectivity index (χ3v) is 2.94. The Labute approximate surface area is 100 Å². The molecule has 1 heterocycles. The van der Waals surface area contributed by atoms with Crippen molar-refractivity contribution in [2.24, 2.45) is 16.8 Å². The minimum absolute atomic E-state index is 0.0733. The van der Waals surface area contributed by atoms with Gasteiger partial charge < -0.3 is 15.8 Å². The van der Waals surface area contributed by atoms with Crippen molar-refractivity contribution < 1.29 is 5.21 Å². The lowest BCUT2D eigenvalue weighted by atomic mass is 10.2. The van der Waals surface area contributed by atoms with E-state index in [4.69, 9.17) is 10.9 Å². The average Bonchev–Trinajstić information content (AvgIpc) is 3.19. The van der Waals surface area contributed by atoms with Crippen LogP contribution < -0.4 is 10.6 Å². The van der Waals surface area contributed by atoms with E-state index in [-0.39, 0.29) is 5.84 Å². The van der Waals surface area contributed by atoms with Crippen LogP contribution in [0.25, 0.3) is 0 Å². The number of hydrogen-bond donors (Lipinski definition) is 2. The summed E-state index contributed by atoms with van der Waals surface area (Å²) in [4.78, 5) is 2.12. The fourth-order valence-corrected chi connectivity index (χ4v) is 1.79. The van der Waals surface area contributed by atoms with E-state index in [9.17, 15) is 0 Å². The molecule has 3 N–H and O–H groups in total. The molecule has 1 aromatic rings. The van der Waals surface area contributed by atoms with Crippen molar-refractivity contribution in [2.75, 3.05) is 18.0 Å². The number of nitrogens with zero attached hydrogens (tertiary/aromatic N) is 4.